The average Bonchev–Trinajstić information content (AvgIpc) is 3.20. The van der Waals surface area contributed by atoms with Crippen molar-refractivity contribution in [2.24, 2.45) is 0 Å². The number of hydrogen-bond donors (Lipinski definition) is 0. The van der Waals surface area contributed by atoms with Gasteiger partial charge in [-0.05, 0) is 24.8 Å². The molecule has 2 aliphatic rings. The molecule has 4 heterocycles. The van der Waals surface area contributed by atoms with Crippen LogP contribution in [0.15, 0.2) is 12.4 Å². The summed E-state index contributed by atoms with van der Waals surface area (Å²) in [7, 11) is 0. The van der Waals surface area contributed by atoms with E-state index in [9.17, 15) is 13.2 Å². The largest absolute Gasteiger partial charge is 0.445 e. The molecule has 0 radical (unpaired) electrons. The second-order valence-corrected chi connectivity index (χ2v) is 8.72. The fourth-order valence-electron chi connectivity index (χ4n) is 3.25. The number of aromatic nitrogens is 4. The lowest BCUT2D eigenvalue weighted by atomic mass is 10.2. The van der Waals surface area contributed by atoms with Crippen LogP contribution in [0.25, 0.3) is 10.2 Å². The van der Waals surface area contributed by atoms with Gasteiger partial charge in [0.2, 0.25) is 10.1 Å². The highest BCUT2D eigenvalue weighted by atomic mass is 32.1. The lowest BCUT2D eigenvalue weighted by molar-refractivity contribution is -0.138. The summed E-state index contributed by atoms with van der Waals surface area (Å²) in [6.45, 7) is 2.50. The molecule has 1 saturated carbocycles. The number of halogens is 3. The summed E-state index contributed by atoms with van der Waals surface area (Å²) in [5, 5.41) is 7.49. The Hall–Kier alpha value is -2.01. The van der Waals surface area contributed by atoms with Crippen molar-refractivity contribution in [3.63, 3.8) is 0 Å². The third-order valence-electron chi connectivity index (χ3n) is 4.81. The first-order valence-corrected chi connectivity index (χ1v) is 10.3. The van der Waals surface area contributed by atoms with Crippen molar-refractivity contribution in [1.29, 1.82) is 0 Å². The van der Waals surface area contributed by atoms with Gasteiger partial charge in [0.1, 0.15) is 17.0 Å². The van der Waals surface area contributed by atoms with Crippen molar-refractivity contribution in [2.45, 2.75) is 24.9 Å². The summed E-state index contributed by atoms with van der Waals surface area (Å²) in [5.74, 6) is 1.59. The van der Waals surface area contributed by atoms with E-state index in [0.717, 1.165) is 16.0 Å². The average molecular weight is 412 g/mol. The second kappa shape index (κ2) is 6.26. The maximum atomic E-state index is 12.7. The Morgan fingerprint density at radius 3 is 2.37 bits per heavy atom. The van der Waals surface area contributed by atoms with E-state index in [2.05, 4.69) is 31.1 Å². The highest BCUT2D eigenvalue weighted by molar-refractivity contribution is 7.18. The van der Waals surface area contributed by atoms with E-state index in [-0.39, 0.29) is 0 Å². The molecule has 0 amide bonds. The number of rotatable bonds is 3. The van der Waals surface area contributed by atoms with Crippen LogP contribution in [0.3, 0.4) is 0 Å². The molecule has 142 valence electrons. The molecular formula is C16H15F3N6S2. The zero-order valence-corrected chi connectivity index (χ0v) is 15.7. The van der Waals surface area contributed by atoms with Crippen molar-refractivity contribution in [3.05, 3.63) is 22.3 Å². The predicted molar refractivity (Wildman–Crippen MR) is 98.7 cm³/mol. The van der Waals surface area contributed by atoms with Gasteiger partial charge in [0.15, 0.2) is 0 Å². The molecule has 1 saturated heterocycles. The van der Waals surface area contributed by atoms with Gasteiger partial charge >= 0.3 is 6.18 Å². The quantitative estimate of drug-likeness (QED) is 0.653. The number of hydrogen-bond acceptors (Lipinski definition) is 8. The molecule has 2 fully saturated rings. The van der Waals surface area contributed by atoms with E-state index in [1.165, 1.54) is 17.7 Å². The topological polar surface area (TPSA) is 58.0 Å². The molecule has 11 heteroatoms. The summed E-state index contributed by atoms with van der Waals surface area (Å²) in [4.78, 5) is 15.3. The lowest BCUT2D eigenvalue weighted by Crippen LogP contribution is -2.46. The normalized spacial score (nSPS) is 18.5. The molecule has 3 aromatic heterocycles. The highest BCUT2D eigenvalue weighted by Crippen LogP contribution is 2.45. The van der Waals surface area contributed by atoms with Crippen molar-refractivity contribution in [3.8, 4) is 0 Å². The smallest absolute Gasteiger partial charge is 0.352 e. The number of thiophene rings is 1. The molecule has 0 aromatic carbocycles. The zero-order valence-electron chi connectivity index (χ0n) is 14.1. The van der Waals surface area contributed by atoms with Crippen molar-refractivity contribution in [2.75, 3.05) is 36.0 Å². The van der Waals surface area contributed by atoms with Crippen LogP contribution in [-0.2, 0) is 6.18 Å². The Labute approximate surface area is 160 Å². The first-order chi connectivity index (χ1) is 13.0. The van der Waals surface area contributed by atoms with Gasteiger partial charge in [-0.1, -0.05) is 11.3 Å². The van der Waals surface area contributed by atoms with Gasteiger partial charge in [-0.2, -0.15) is 13.2 Å². The van der Waals surface area contributed by atoms with E-state index in [1.807, 2.05) is 4.90 Å². The van der Waals surface area contributed by atoms with Crippen LogP contribution >= 0.6 is 22.7 Å². The predicted octanol–water partition coefficient (Wildman–Crippen LogP) is 3.77. The monoisotopic (exact) mass is 412 g/mol. The summed E-state index contributed by atoms with van der Waals surface area (Å²) >= 11 is 2.33. The van der Waals surface area contributed by atoms with Crippen LogP contribution in [0.5, 0.6) is 0 Å². The van der Waals surface area contributed by atoms with Gasteiger partial charge in [0.25, 0.3) is 0 Å². The molecule has 5 rings (SSSR count). The minimum atomic E-state index is -4.44. The Bertz CT molecular complexity index is 972. The lowest BCUT2D eigenvalue weighted by Gasteiger charge is -2.35. The van der Waals surface area contributed by atoms with Gasteiger partial charge in [0.05, 0.1) is 5.39 Å². The van der Waals surface area contributed by atoms with Crippen LogP contribution in [0, 0.1) is 0 Å². The van der Waals surface area contributed by atoms with Crippen molar-refractivity contribution < 1.29 is 13.2 Å². The number of alkyl halides is 3. The highest BCUT2D eigenvalue weighted by Gasteiger charge is 2.36. The maximum absolute atomic E-state index is 12.7. The molecule has 0 bridgehead atoms. The second-order valence-electron chi connectivity index (χ2n) is 6.70. The molecule has 27 heavy (non-hydrogen) atoms. The van der Waals surface area contributed by atoms with Crippen LogP contribution in [0.4, 0.5) is 24.1 Å². The molecular weight excluding hydrogens is 397 g/mol. The van der Waals surface area contributed by atoms with Crippen LogP contribution in [0.1, 0.15) is 28.6 Å². The summed E-state index contributed by atoms with van der Waals surface area (Å²) in [6.07, 6.45) is -0.355. The summed E-state index contributed by atoms with van der Waals surface area (Å²) < 4.78 is 38.2. The number of anilines is 2. The van der Waals surface area contributed by atoms with Gasteiger partial charge in [-0.25, -0.2) is 9.97 Å². The maximum Gasteiger partial charge on any atom is 0.445 e. The van der Waals surface area contributed by atoms with Crippen LogP contribution in [0.2, 0.25) is 0 Å². The fraction of sp³-hybridized carbons (Fsp3) is 0.500. The zero-order chi connectivity index (χ0) is 18.6. The Morgan fingerprint density at radius 2 is 1.70 bits per heavy atom. The third kappa shape index (κ3) is 3.22. The number of piperazine rings is 1. The summed E-state index contributed by atoms with van der Waals surface area (Å²) in [5.41, 5.74) is 0. The van der Waals surface area contributed by atoms with E-state index < -0.39 is 11.2 Å². The van der Waals surface area contributed by atoms with Crippen molar-refractivity contribution in [1.82, 2.24) is 20.2 Å². The van der Waals surface area contributed by atoms with E-state index in [1.54, 1.807) is 17.7 Å². The van der Waals surface area contributed by atoms with Crippen molar-refractivity contribution >= 4 is 43.8 Å². The Balaban J connectivity index is 1.33. The van der Waals surface area contributed by atoms with E-state index in [4.69, 9.17) is 0 Å². The van der Waals surface area contributed by atoms with Gasteiger partial charge in [-0.15, -0.1) is 21.5 Å². The standard InChI is InChI=1S/C16H15F3N6S2/c17-16(18,19)14-22-23-15(27-14)25-5-3-24(4-6-25)12-10-7-11(9-1-2-9)26-13(10)21-8-20-12/h7-9H,1-6H2. The minimum absolute atomic E-state index is 0.321. The Morgan fingerprint density at radius 1 is 0.963 bits per heavy atom. The molecule has 6 nitrogen and oxygen atoms in total. The molecule has 0 unspecified atom stereocenters. The van der Waals surface area contributed by atoms with Crippen LogP contribution in [-0.4, -0.2) is 46.3 Å². The molecule has 0 atom stereocenters. The van der Waals surface area contributed by atoms with E-state index >= 15 is 0 Å². The minimum Gasteiger partial charge on any atom is -0.352 e. The molecule has 1 aliphatic heterocycles. The number of fused-ring (bicyclic) bond motifs is 1. The SMILES string of the molecule is FC(F)(F)c1nnc(N2CCN(c3ncnc4sc(C5CC5)cc34)CC2)s1. The first-order valence-electron chi connectivity index (χ1n) is 8.64. The van der Waals surface area contributed by atoms with Gasteiger partial charge in [0, 0.05) is 31.1 Å². The Kier molecular flexibility index (Phi) is 3.97. The number of nitrogens with zero attached hydrogens (tertiary/aromatic N) is 6. The van der Waals surface area contributed by atoms with E-state index in [0.29, 0.717) is 48.6 Å². The van der Waals surface area contributed by atoms with Crippen LogP contribution < -0.4 is 9.80 Å². The van der Waals surface area contributed by atoms with Gasteiger partial charge < -0.3 is 9.80 Å². The fourth-order valence-corrected chi connectivity index (χ4v) is 5.18. The first kappa shape index (κ1) is 17.1. The molecule has 0 spiro atoms. The molecule has 3 aromatic rings. The summed E-state index contributed by atoms with van der Waals surface area (Å²) in [6, 6.07) is 2.21. The van der Waals surface area contributed by atoms with Gasteiger partial charge in [-0.3, -0.25) is 0 Å². The molecule has 1 aliphatic carbocycles. The third-order valence-corrected chi connectivity index (χ3v) is 7.05. The molecule has 0 N–H and O–H groups in total.